The van der Waals surface area contributed by atoms with Gasteiger partial charge in [-0.3, -0.25) is 0 Å². The van der Waals surface area contributed by atoms with Gasteiger partial charge in [0.2, 0.25) is 0 Å². The summed E-state index contributed by atoms with van der Waals surface area (Å²) in [6, 6.07) is 16.1. The molecule has 0 fully saturated rings. The molecule has 0 bridgehead atoms. The van der Waals surface area contributed by atoms with E-state index in [-0.39, 0.29) is 0 Å². The minimum atomic E-state index is 0.363. The molecule has 0 unspecified atom stereocenters. The molecule has 0 spiro atoms. The van der Waals surface area contributed by atoms with Crippen LogP contribution in [0.5, 0.6) is 0 Å². The second kappa shape index (κ2) is 5.01. The Kier molecular flexibility index (Phi) is 3.36. The summed E-state index contributed by atoms with van der Waals surface area (Å²) in [5, 5.41) is 2.25. The molecule has 0 amide bonds. The van der Waals surface area contributed by atoms with Gasteiger partial charge in [0.15, 0.2) is 0 Å². The van der Waals surface area contributed by atoms with Crippen LogP contribution >= 0.6 is 34.8 Å². The molecule has 1 heterocycles. The maximum absolute atomic E-state index is 6.04. The highest BCUT2D eigenvalue weighted by atomic mass is 35.5. The molecule has 4 heteroatoms. The number of halogens is 3. The second-order valence-electron chi connectivity index (χ2n) is 4.07. The average molecular weight is 308 g/mol. The first-order chi connectivity index (χ1) is 9.15. The van der Waals surface area contributed by atoms with E-state index in [0.29, 0.717) is 15.1 Å². The highest BCUT2D eigenvalue weighted by Gasteiger charge is 2.08. The monoisotopic (exact) mass is 306 g/mol. The number of hydrogen-bond donors (Lipinski definition) is 0. The first-order valence-electron chi connectivity index (χ1n) is 5.57. The Balaban J connectivity index is 2.19. The van der Waals surface area contributed by atoms with Crippen molar-refractivity contribution < 1.29 is 0 Å². The zero-order valence-corrected chi connectivity index (χ0v) is 11.9. The van der Waals surface area contributed by atoms with Gasteiger partial charge in [-0.1, -0.05) is 46.9 Å². The van der Waals surface area contributed by atoms with E-state index in [1.54, 1.807) is 12.1 Å². The zero-order chi connectivity index (χ0) is 13.4. The van der Waals surface area contributed by atoms with E-state index >= 15 is 0 Å². The standard InChI is InChI=1S/C15H7Cl3N/c16-11-7-10(8-12(17)15(11)18)14-6-5-9-3-1-2-4-13(9)19-14/h2-8H. The van der Waals surface area contributed by atoms with Crippen LogP contribution in [-0.2, 0) is 0 Å². The maximum atomic E-state index is 6.04. The molecule has 2 aromatic carbocycles. The number of nitrogens with zero attached hydrogens (tertiary/aromatic N) is 1. The van der Waals surface area contributed by atoms with Gasteiger partial charge in [0, 0.05) is 10.9 Å². The number of aromatic nitrogens is 1. The third-order valence-corrected chi connectivity index (χ3v) is 4.01. The summed E-state index contributed by atoms with van der Waals surface area (Å²) >= 11 is 18.0. The molecule has 0 aliphatic rings. The van der Waals surface area contributed by atoms with E-state index in [9.17, 15) is 0 Å². The van der Waals surface area contributed by atoms with E-state index in [0.717, 1.165) is 22.2 Å². The van der Waals surface area contributed by atoms with Gasteiger partial charge >= 0.3 is 0 Å². The Morgan fingerprint density at radius 1 is 0.947 bits per heavy atom. The molecule has 0 saturated heterocycles. The molecule has 19 heavy (non-hydrogen) atoms. The van der Waals surface area contributed by atoms with Gasteiger partial charge in [0.25, 0.3) is 0 Å². The lowest BCUT2D eigenvalue weighted by Gasteiger charge is -2.06. The SMILES string of the molecule is Clc1cc(-c2ccc3c[c]ccc3n2)cc(Cl)c1Cl. The molecule has 1 nitrogen and oxygen atoms in total. The molecule has 1 radical (unpaired) electrons. The highest BCUT2D eigenvalue weighted by molar-refractivity contribution is 6.48. The Bertz CT molecular complexity index is 745. The summed E-state index contributed by atoms with van der Waals surface area (Å²) in [5.41, 5.74) is 2.55. The number of fused-ring (bicyclic) bond motifs is 1. The first kappa shape index (κ1) is 12.7. The predicted octanol–water partition coefficient (Wildman–Crippen LogP) is 5.66. The Morgan fingerprint density at radius 2 is 1.68 bits per heavy atom. The van der Waals surface area contributed by atoms with Gasteiger partial charge in [-0.15, -0.1) is 0 Å². The van der Waals surface area contributed by atoms with Crippen molar-refractivity contribution in [3.63, 3.8) is 0 Å². The lowest BCUT2D eigenvalue weighted by molar-refractivity contribution is 1.40. The van der Waals surface area contributed by atoms with Crippen LogP contribution in [0.4, 0.5) is 0 Å². The summed E-state index contributed by atoms with van der Waals surface area (Å²) < 4.78 is 0. The van der Waals surface area contributed by atoms with Crippen molar-refractivity contribution in [2.24, 2.45) is 0 Å². The van der Waals surface area contributed by atoms with Gasteiger partial charge in [-0.05, 0) is 36.4 Å². The highest BCUT2D eigenvalue weighted by Crippen LogP contribution is 2.34. The number of benzene rings is 2. The molecule has 3 rings (SSSR count). The Labute approximate surface area is 125 Å². The fraction of sp³-hybridized carbons (Fsp3) is 0. The summed E-state index contributed by atoms with van der Waals surface area (Å²) in [6.07, 6.45) is 0. The van der Waals surface area contributed by atoms with Gasteiger partial charge < -0.3 is 0 Å². The van der Waals surface area contributed by atoms with Crippen molar-refractivity contribution >= 4 is 45.7 Å². The topological polar surface area (TPSA) is 12.9 Å². The second-order valence-corrected chi connectivity index (χ2v) is 5.26. The minimum absolute atomic E-state index is 0.363. The quantitative estimate of drug-likeness (QED) is 0.528. The third kappa shape index (κ3) is 2.42. The third-order valence-electron chi connectivity index (χ3n) is 2.81. The van der Waals surface area contributed by atoms with E-state index in [1.807, 2.05) is 30.3 Å². The maximum Gasteiger partial charge on any atom is 0.0778 e. The summed E-state index contributed by atoms with van der Waals surface area (Å²) in [7, 11) is 0. The molecule has 0 saturated carbocycles. The van der Waals surface area contributed by atoms with Crippen LogP contribution in [0.1, 0.15) is 0 Å². The van der Waals surface area contributed by atoms with Crippen molar-refractivity contribution in [2.75, 3.05) is 0 Å². The lowest BCUT2D eigenvalue weighted by atomic mass is 10.1. The van der Waals surface area contributed by atoms with Crippen LogP contribution in [0.2, 0.25) is 15.1 Å². The van der Waals surface area contributed by atoms with E-state index in [2.05, 4.69) is 11.1 Å². The first-order valence-corrected chi connectivity index (χ1v) is 6.70. The zero-order valence-electron chi connectivity index (χ0n) is 9.62. The molecule has 93 valence electrons. The van der Waals surface area contributed by atoms with E-state index < -0.39 is 0 Å². The van der Waals surface area contributed by atoms with Gasteiger partial charge in [-0.25, -0.2) is 4.98 Å². The van der Waals surface area contributed by atoms with Crippen LogP contribution in [-0.4, -0.2) is 4.98 Å². The van der Waals surface area contributed by atoms with E-state index in [1.165, 1.54) is 0 Å². The van der Waals surface area contributed by atoms with Crippen LogP contribution in [0.3, 0.4) is 0 Å². The predicted molar refractivity (Wildman–Crippen MR) is 81.0 cm³/mol. The van der Waals surface area contributed by atoms with Crippen LogP contribution in [0, 0.1) is 6.07 Å². The Hall–Kier alpha value is -1.28. The molecule has 0 aliphatic carbocycles. The van der Waals surface area contributed by atoms with Crippen molar-refractivity contribution in [3.05, 3.63) is 63.6 Å². The minimum Gasteiger partial charge on any atom is -0.248 e. The van der Waals surface area contributed by atoms with Crippen molar-refractivity contribution in [1.29, 1.82) is 0 Å². The van der Waals surface area contributed by atoms with Gasteiger partial charge in [0.05, 0.1) is 26.3 Å². The normalized spacial score (nSPS) is 10.9. The molecule has 3 aromatic rings. The fourth-order valence-electron chi connectivity index (χ4n) is 1.87. The summed E-state index contributed by atoms with van der Waals surface area (Å²) in [5.74, 6) is 0. The molecule has 1 aromatic heterocycles. The molecular formula is C15H7Cl3N. The number of rotatable bonds is 1. The van der Waals surface area contributed by atoms with Crippen molar-refractivity contribution in [3.8, 4) is 11.3 Å². The summed E-state index contributed by atoms with van der Waals surface area (Å²) in [4.78, 5) is 4.58. The summed E-state index contributed by atoms with van der Waals surface area (Å²) in [6.45, 7) is 0. The van der Waals surface area contributed by atoms with Crippen molar-refractivity contribution in [2.45, 2.75) is 0 Å². The van der Waals surface area contributed by atoms with Gasteiger partial charge in [0.1, 0.15) is 0 Å². The molecular weight excluding hydrogens is 301 g/mol. The molecule has 0 atom stereocenters. The smallest absolute Gasteiger partial charge is 0.0778 e. The molecule has 0 N–H and O–H groups in total. The van der Waals surface area contributed by atoms with Crippen molar-refractivity contribution in [1.82, 2.24) is 4.98 Å². The van der Waals surface area contributed by atoms with Crippen LogP contribution in [0.15, 0.2) is 42.5 Å². The molecule has 0 aliphatic heterocycles. The fourth-order valence-corrected chi connectivity index (χ4v) is 2.47. The van der Waals surface area contributed by atoms with Gasteiger partial charge in [-0.2, -0.15) is 0 Å². The number of pyridine rings is 1. The lowest BCUT2D eigenvalue weighted by Crippen LogP contribution is -1.86. The number of hydrogen-bond acceptors (Lipinski definition) is 1. The Morgan fingerprint density at radius 3 is 2.42 bits per heavy atom. The van der Waals surface area contributed by atoms with E-state index in [4.69, 9.17) is 34.8 Å². The average Bonchev–Trinajstić information content (AvgIpc) is 2.43. The largest absolute Gasteiger partial charge is 0.248 e. The van der Waals surface area contributed by atoms with Crippen LogP contribution in [0.25, 0.3) is 22.2 Å². The van der Waals surface area contributed by atoms with Crippen LogP contribution < -0.4 is 0 Å².